The second-order valence-corrected chi connectivity index (χ2v) is 23.5. The molecular weight excluding hydrogens is 911 g/mol. The minimum atomic E-state index is -0.667. The van der Waals surface area contributed by atoms with Crippen molar-refractivity contribution in [3.63, 3.8) is 0 Å². The second-order valence-electron chi connectivity index (χ2n) is 23.5. The van der Waals surface area contributed by atoms with E-state index in [4.69, 9.17) is 4.74 Å². The van der Waals surface area contributed by atoms with Crippen molar-refractivity contribution in [2.75, 3.05) is 13.2 Å². The summed E-state index contributed by atoms with van der Waals surface area (Å²) >= 11 is 0. The lowest BCUT2D eigenvalue weighted by atomic mass is 10.0. The van der Waals surface area contributed by atoms with Crippen LogP contribution in [-0.2, 0) is 14.3 Å². The number of ether oxygens (including phenoxy) is 1. The van der Waals surface area contributed by atoms with Crippen LogP contribution in [0.25, 0.3) is 0 Å². The van der Waals surface area contributed by atoms with Gasteiger partial charge in [0.25, 0.3) is 0 Å². The van der Waals surface area contributed by atoms with E-state index in [-0.39, 0.29) is 18.5 Å². The number of hydrogen-bond donors (Lipinski definition) is 3. The fraction of sp³-hybridized carbons (Fsp3) is 0.941. The highest BCUT2D eigenvalue weighted by Crippen LogP contribution is 2.19. The quantitative estimate of drug-likeness (QED) is 0.0320. The first-order valence-corrected chi connectivity index (χ1v) is 33.9. The average Bonchev–Trinajstić information content (AvgIpc) is 3.40. The largest absolute Gasteiger partial charge is 0.466 e. The Hall–Kier alpha value is -1.40. The number of aliphatic hydroxyl groups is 2. The minimum Gasteiger partial charge on any atom is -0.466 e. The van der Waals surface area contributed by atoms with Crippen molar-refractivity contribution < 1.29 is 24.5 Å². The molecule has 0 saturated heterocycles. The predicted octanol–water partition coefficient (Wildman–Crippen LogP) is 21.6. The van der Waals surface area contributed by atoms with Crippen molar-refractivity contribution >= 4 is 11.9 Å². The first kappa shape index (κ1) is 72.6. The van der Waals surface area contributed by atoms with E-state index >= 15 is 0 Å². The molecule has 0 heterocycles. The van der Waals surface area contributed by atoms with Gasteiger partial charge in [0, 0.05) is 12.8 Å². The summed E-state index contributed by atoms with van der Waals surface area (Å²) < 4.78 is 5.49. The zero-order valence-electron chi connectivity index (χ0n) is 50.4. The third kappa shape index (κ3) is 59.8. The Morgan fingerprint density at radius 1 is 0.365 bits per heavy atom. The van der Waals surface area contributed by atoms with E-state index < -0.39 is 12.1 Å². The lowest BCUT2D eigenvalue weighted by Gasteiger charge is -2.22. The first-order valence-electron chi connectivity index (χ1n) is 33.9. The van der Waals surface area contributed by atoms with E-state index in [0.717, 1.165) is 38.5 Å². The van der Waals surface area contributed by atoms with Crippen LogP contribution in [0.4, 0.5) is 0 Å². The molecule has 2 unspecified atom stereocenters. The molecule has 3 N–H and O–H groups in total. The van der Waals surface area contributed by atoms with Gasteiger partial charge in [-0.25, -0.2) is 0 Å². The maximum atomic E-state index is 12.5. The molecule has 0 aromatic heterocycles. The highest BCUT2D eigenvalue weighted by molar-refractivity contribution is 5.76. The Kier molecular flexibility index (Phi) is 62.9. The van der Waals surface area contributed by atoms with Crippen LogP contribution in [0.15, 0.2) is 12.2 Å². The summed E-state index contributed by atoms with van der Waals surface area (Å²) in [5, 5.41) is 23.4. The van der Waals surface area contributed by atoms with Gasteiger partial charge in [-0.2, -0.15) is 0 Å². The summed E-state index contributed by atoms with van der Waals surface area (Å²) in [6.07, 6.45) is 78.1. The predicted molar refractivity (Wildman–Crippen MR) is 324 cm³/mol. The van der Waals surface area contributed by atoms with Gasteiger partial charge in [-0.3, -0.25) is 9.59 Å². The lowest BCUT2D eigenvalue weighted by molar-refractivity contribution is -0.143. The first-order chi connectivity index (χ1) is 36.5. The zero-order chi connectivity index (χ0) is 53.6. The summed E-state index contributed by atoms with van der Waals surface area (Å²) in [6.45, 7) is 4.99. The van der Waals surface area contributed by atoms with E-state index in [2.05, 4.69) is 31.3 Å². The van der Waals surface area contributed by atoms with Crippen molar-refractivity contribution in [2.24, 2.45) is 0 Å². The van der Waals surface area contributed by atoms with Crippen LogP contribution in [-0.4, -0.2) is 47.4 Å². The Morgan fingerprint density at radius 2 is 0.635 bits per heavy atom. The van der Waals surface area contributed by atoms with E-state index in [1.54, 1.807) is 0 Å². The van der Waals surface area contributed by atoms with Gasteiger partial charge < -0.3 is 20.3 Å². The molecule has 0 aromatic carbocycles. The molecule has 6 nitrogen and oxygen atoms in total. The highest BCUT2D eigenvalue weighted by atomic mass is 16.5. The van der Waals surface area contributed by atoms with Gasteiger partial charge in [0.1, 0.15) is 0 Å². The molecule has 0 aliphatic heterocycles. The molecular formula is C68H133NO5. The number of carbonyl (C=O) groups is 2. The van der Waals surface area contributed by atoms with Crippen molar-refractivity contribution in [1.29, 1.82) is 0 Å². The number of hydrogen-bond acceptors (Lipinski definition) is 5. The maximum absolute atomic E-state index is 12.5. The molecule has 0 radical (unpaired) electrons. The zero-order valence-corrected chi connectivity index (χ0v) is 50.4. The number of nitrogens with one attached hydrogen (secondary N) is 1. The maximum Gasteiger partial charge on any atom is 0.305 e. The molecule has 440 valence electrons. The smallest absolute Gasteiger partial charge is 0.305 e. The molecule has 0 aromatic rings. The van der Waals surface area contributed by atoms with Crippen molar-refractivity contribution in [2.45, 2.75) is 398 Å². The highest BCUT2D eigenvalue weighted by Gasteiger charge is 2.20. The second kappa shape index (κ2) is 64.1. The Bertz CT molecular complexity index is 1110. The Labute approximate surface area is 463 Å². The molecule has 1 amide bonds. The minimum absolute atomic E-state index is 0.0158. The number of allylic oxidation sites excluding steroid dienone is 2. The lowest BCUT2D eigenvalue weighted by Crippen LogP contribution is -2.45. The van der Waals surface area contributed by atoms with Gasteiger partial charge in [-0.1, -0.05) is 334 Å². The van der Waals surface area contributed by atoms with Crippen LogP contribution in [0.1, 0.15) is 386 Å². The van der Waals surface area contributed by atoms with Gasteiger partial charge in [0.15, 0.2) is 0 Å². The third-order valence-corrected chi connectivity index (χ3v) is 16.1. The standard InChI is InChI=1S/C68H133NO5/c1-3-5-7-9-11-13-15-17-19-20-27-30-33-36-40-44-48-52-56-60-66(71)65(64-70)69-67(72)61-57-53-49-45-41-37-34-31-28-25-23-21-22-24-26-29-32-35-39-43-47-51-55-59-63-74-68(73)62-58-54-50-46-42-38-18-16-14-12-10-8-6-4-2/h23,25,65-66,70-71H,3-22,24,26-64H2,1-2H3,(H,69,72)/b25-23-. The topological polar surface area (TPSA) is 95.9 Å². The van der Waals surface area contributed by atoms with Gasteiger partial charge in [-0.15, -0.1) is 0 Å². The molecule has 74 heavy (non-hydrogen) atoms. The van der Waals surface area contributed by atoms with Crippen LogP contribution < -0.4 is 5.32 Å². The fourth-order valence-corrected chi connectivity index (χ4v) is 10.9. The molecule has 0 aliphatic rings. The van der Waals surface area contributed by atoms with Gasteiger partial charge in [-0.05, 0) is 51.4 Å². The van der Waals surface area contributed by atoms with E-state index in [1.165, 1.54) is 315 Å². The van der Waals surface area contributed by atoms with E-state index in [1.807, 2.05) is 0 Å². The molecule has 0 spiro atoms. The molecule has 0 aliphatic carbocycles. The number of unbranched alkanes of at least 4 members (excludes halogenated alkanes) is 51. The van der Waals surface area contributed by atoms with Crippen LogP contribution >= 0.6 is 0 Å². The summed E-state index contributed by atoms with van der Waals surface area (Å²) in [5.74, 6) is -0.0196. The summed E-state index contributed by atoms with van der Waals surface area (Å²) in [4.78, 5) is 24.6. The average molecular weight is 1040 g/mol. The van der Waals surface area contributed by atoms with Crippen LogP contribution in [0.2, 0.25) is 0 Å². The van der Waals surface area contributed by atoms with Gasteiger partial charge >= 0.3 is 5.97 Å². The number of aliphatic hydroxyl groups excluding tert-OH is 2. The summed E-state index contributed by atoms with van der Waals surface area (Å²) in [5.41, 5.74) is 0. The van der Waals surface area contributed by atoms with Crippen molar-refractivity contribution in [3.8, 4) is 0 Å². The van der Waals surface area contributed by atoms with Crippen LogP contribution in [0.3, 0.4) is 0 Å². The number of amides is 1. The third-order valence-electron chi connectivity index (χ3n) is 16.1. The molecule has 0 rings (SSSR count). The van der Waals surface area contributed by atoms with Crippen molar-refractivity contribution in [1.82, 2.24) is 5.32 Å². The van der Waals surface area contributed by atoms with Crippen LogP contribution in [0.5, 0.6) is 0 Å². The SMILES string of the molecule is CCCCCCCCCCCCCCCCCCCCCC(O)C(CO)NC(=O)CCCCCCCCCC/C=C\CCCCCCCCCCCCCCOC(=O)CCCCCCCCCCCCCCCC. The van der Waals surface area contributed by atoms with E-state index in [9.17, 15) is 19.8 Å². The monoisotopic (exact) mass is 1040 g/mol. The summed E-state index contributed by atoms with van der Waals surface area (Å²) in [6, 6.07) is -0.545. The molecule has 0 saturated carbocycles. The van der Waals surface area contributed by atoms with Gasteiger partial charge in [0.05, 0.1) is 25.4 Å². The molecule has 6 heteroatoms. The van der Waals surface area contributed by atoms with Crippen molar-refractivity contribution in [3.05, 3.63) is 12.2 Å². The Balaban J connectivity index is 3.39. The molecule has 2 atom stereocenters. The number of carbonyl (C=O) groups excluding carboxylic acids is 2. The summed E-state index contributed by atoms with van der Waals surface area (Å²) in [7, 11) is 0. The van der Waals surface area contributed by atoms with Crippen LogP contribution in [0, 0.1) is 0 Å². The molecule has 0 fully saturated rings. The molecule has 0 bridgehead atoms. The number of esters is 1. The normalized spacial score (nSPS) is 12.5. The van der Waals surface area contributed by atoms with E-state index in [0.29, 0.717) is 25.9 Å². The Morgan fingerprint density at radius 3 is 0.959 bits per heavy atom. The number of rotatable bonds is 64. The van der Waals surface area contributed by atoms with Gasteiger partial charge in [0.2, 0.25) is 5.91 Å². The fourth-order valence-electron chi connectivity index (χ4n) is 10.9.